The molecule has 0 spiro atoms. The van der Waals surface area contributed by atoms with E-state index >= 15 is 0 Å². The molecule has 0 fully saturated rings. The summed E-state index contributed by atoms with van der Waals surface area (Å²) in [6, 6.07) is 8.10. The van der Waals surface area contributed by atoms with Crippen molar-refractivity contribution in [2.45, 2.75) is 18.7 Å². The molecule has 1 N–H and O–H groups in total. The zero-order valence-electron chi connectivity index (χ0n) is 17.1. The number of benzene rings is 2. The van der Waals surface area contributed by atoms with Crippen LogP contribution in [-0.4, -0.2) is 58.4 Å². The van der Waals surface area contributed by atoms with Crippen molar-refractivity contribution in [1.82, 2.24) is 19.5 Å². The summed E-state index contributed by atoms with van der Waals surface area (Å²) in [6.45, 7) is 3.59. The van der Waals surface area contributed by atoms with Crippen molar-refractivity contribution in [3.63, 3.8) is 0 Å². The number of carbonyl (C=O) groups is 1. The van der Waals surface area contributed by atoms with E-state index in [0.29, 0.717) is 18.6 Å². The molecule has 2 aromatic carbocycles. The number of hydrogen-bond acceptors (Lipinski definition) is 8. The molecule has 1 aromatic heterocycles. The summed E-state index contributed by atoms with van der Waals surface area (Å²) in [5.41, 5.74) is 0.436. The van der Waals surface area contributed by atoms with Gasteiger partial charge >= 0.3 is 0 Å². The van der Waals surface area contributed by atoms with Crippen LogP contribution in [-0.2, 0) is 14.8 Å². The van der Waals surface area contributed by atoms with Gasteiger partial charge in [0.05, 0.1) is 9.82 Å². The number of nitro benzene ring substituents is 1. The van der Waals surface area contributed by atoms with Gasteiger partial charge in [0.1, 0.15) is 16.1 Å². The Kier molecular flexibility index (Phi) is 6.91. The van der Waals surface area contributed by atoms with Gasteiger partial charge < -0.3 is 10.2 Å². The van der Waals surface area contributed by atoms with Crippen LogP contribution in [0.15, 0.2) is 41.3 Å². The van der Waals surface area contributed by atoms with Gasteiger partial charge in [-0.1, -0.05) is 30.3 Å². The Morgan fingerprint density at radius 3 is 2.62 bits per heavy atom. The molecule has 0 saturated carbocycles. The lowest BCUT2D eigenvalue weighted by atomic mass is 10.3. The van der Waals surface area contributed by atoms with Crippen LogP contribution in [0.4, 0.5) is 11.4 Å². The molecule has 0 aliphatic rings. The summed E-state index contributed by atoms with van der Waals surface area (Å²) >= 11 is 5.75. The minimum absolute atomic E-state index is 0.0405. The molecular formula is C18H19ClN6O6S. The van der Waals surface area contributed by atoms with Crippen LogP contribution < -0.4 is 10.2 Å². The van der Waals surface area contributed by atoms with Crippen LogP contribution >= 0.6 is 11.6 Å². The van der Waals surface area contributed by atoms with Gasteiger partial charge in [-0.25, -0.2) is 8.42 Å². The molecule has 32 heavy (non-hydrogen) atoms. The summed E-state index contributed by atoms with van der Waals surface area (Å²) in [5.74, 6) is -0.628. The second kappa shape index (κ2) is 9.46. The molecule has 0 radical (unpaired) electrons. The molecular weight excluding hydrogens is 464 g/mol. The number of amides is 1. The van der Waals surface area contributed by atoms with E-state index in [-0.39, 0.29) is 26.8 Å². The van der Waals surface area contributed by atoms with Crippen molar-refractivity contribution in [2.75, 3.05) is 25.0 Å². The van der Waals surface area contributed by atoms with E-state index in [1.807, 2.05) is 0 Å². The number of nitro groups is 1. The average Bonchev–Trinajstić information content (AvgIpc) is 3.16. The number of hydrogen-bond donors (Lipinski definition) is 1. The van der Waals surface area contributed by atoms with Crippen molar-refractivity contribution >= 4 is 49.9 Å². The number of rotatable bonds is 9. The van der Waals surface area contributed by atoms with Crippen molar-refractivity contribution in [2.24, 2.45) is 0 Å². The molecule has 3 aromatic rings. The SMILES string of the molecule is CCN(CC)S(=O)(=O)c1ccc2nnn(OCC(=O)Nc3ccc(Cl)c([N+](=O)[O-])c3)c2c1. The first kappa shape index (κ1) is 23.4. The molecule has 1 amide bonds. The number of nitrogens with one attached hydrogen (secondary N) is 1. The van der Waals surface area contributed by atoms with Gasteiger partial charge in [0.25, 0.3) is 11.6 Å². The molecule has 1 heterocycles. The highest BCUT2D eigenvalue weighted by atomic mass is 35.5. The molecule has 0 saturated heterocycles. The third-order valence-corrected chi connectivity index (χ3v) is 6.84. The lowest BCUT2D eigenvalue weighted by Crippen LogP contribution is -2.30. The number of nitrogens with zero attached hydrogens (tertiary/aromatic N) is 5. The lowest BCUT2D eigenvalue weighted by Gasteiger charge is -2.18. The van der Waals surface area contributed by atoms with Gasteiger partial charge in [0.2, 0.25) is 10.0 Å². The van der Waals surface area contributed by atoms with Gasteiger partial charge in [-0.15, -0.1) is 5.10 Å². The monoisotopic (exact) mass is 482 g/mol. The fraction of sp³-hybridized carbons (Fsp3) is 0.278. The Hall–Kier alpha value is -3.29. The molecule has 0 atom stereocenters. The maximum absolute atomic E-state index is 12.8. The van der Waals surface area contributed by atoms with E-state index in [9.17, 15) is 23.3 Å². The van der Waals surface area contributed by atoms with Crippen molar-refractivity contribution in [3.8, 4) is 0 Å². The van der Waals surface area contributed by atoms with E-state index in [0.717, 1.165) is 10.9 Å². The van der Waals surface area contributed by atoms with Crippen LogP contribution in [0.5, 0.6) is 0 Å². The fourth-order valence-electron chi connectivity index (χ4n) is 2.89. The number of aromatic nitrogens is 3. The van der Waals surface area contributed by atoms with Gasteiger partial charge in [0, 0.05) is 24.8 Å². The molecule has 170 valence electrons. The first-order valence-electron chi connectivity index (χ1n) is 9.40. The Labute approximate surface area is 187 Å². The Morgan fingerprint density at radius 1 is 1.25 bits per heavy atom. The third-order valence-electron chi connectivity index (χ3n) is 4.47. The van der Waals surface area contributed by atoms with Crippen molar-refractivity contribution < 1.29 is 23.0 Å². The van der Waals surface area contributed by atoms with Gasteiger partial charge in [-0.3, -0.25) is 14.9 Å². The van der Waals surface area contributed by atoms with Crippen molar-refractivity contribution in [3.05, 3.63) is 51.5 Å². The zero-order valence-corrected chi connectivity index (χ0v) is 18.6. The predicted molar refractivity (Wildman–Crippen MR) is 116 cm³/mol. The average molecular weight is 483 g/mol. The van der Waals surface area contributed by atoms with Gasteiger partial charge in [0.15, 0.2) is 6.61 Å². The van der Waals surface area contributed by atoms with Crippen LogP contribution in [0, 0.1) is 10.1 Å². The third kappa shape index (κ3) is 4.79. The summed E-state index contributed by atoms with van der Waals surface area (Å²) in [7, 11) is -3.71. The number of anilines is 1. The maximum atomic E-state index is 12.8. The van der Waals surface area contributed by atoms with Crippen LogP contribution in [0.2, 0.25) is 5.02 Å². The quantitative estimate of drug-likeness (QED) is 0.359. The van der Waals surface area contributed by atoms with E-state index in [1.165, 1.54) is 34.6 Å². The Balaban J connectivity index is 1.76. The molecule has 0 bridgehead atoms. The minimum Gasteiger partial charge on any atom is -0.385 e. The number of carbonyl (C=O) groups excluding carboxylic acids is 1. The van der Waals surface area contributed by atoms with Gasteiger partial charge in [-0.2, -0.15) is 4.31 Å². The van der Waals surface area contributed by atoms with E-state index in [1.54, 1.807) is 13.8 Å². The highest BCUT2D eigenvalue weighted by Gasteiger charge is 2.23. The van der Waals surface area contributed by atoms with E-state index < -0.39 is 27.5 Å². The number of sulfonamides is 1. The molecule has 0 unspecified atom stereocenters. The maximum Gasteiger partial charge on any atom is 0.289 e. The fourth-order valence-corrected chi connectivity index (χ4v) is 4.56. The number of halogens is 1. The highest BCUT2D eigenvalue weighted by Crippen LogP contribution is 2.27. The second-order valence-corrected chi connectivity index (χ2v) is 8.79. The molecule has 3 rings (SSSR count). The largest absolute Gasteiger partial charge is 0.385 e. The second-order valence-electron chi connectivity index (χ2n) is 6.45. The molecule has 0 aliphatic heterocycles. The number of fused-ring (bicyclic) bond motifs is 1. The molecule has 12 nitrogen and oxygen atoms in total. The first-order valence-corrected chi connectivity index (χ1v) is 11.2. The van der Waals surface area contributed by atoms with Crippen LogP contribution in [0.25, 0.3) is 11.0 Å². The van der Waals surface area contributed by atoms with Crippen LogP contribution in [0.3, 0.4) is 0 Å². The molecule has 0 aliphatic carbocycles. The summed E-state index contributed by atoms with van der Waals surface area (Å²) in [6.07, 6.45) is 0. The standard InChI is InChI=1S/C18H19ClN6O6S/c1-3-23(4-2)32(29,30)13-6-8-15-17(10-13)24(22-21-15)31-11-18(26)20-12-5-7-14(19)16(9-12)25(27)28/h5-10H,3-4,11H2,1-2H3,(H,20,26). The topological polar surface area (TPSA) is 150 Å². The lowest BCUT2D eigenvalue weighted by molar-refractivity contribution is -0.384. The predicted octanol–water partition coefficient (Wildman–Crippen LogP) is 2.09. The zero-order chi connectivity index (χ0) is 23.5. The Morgan fingerprint density at radius 2 is 1.97 bits per heavy atom. The summed E-state index contributed by atoms with van der Waals surface area (Å²) in [4.78, 5) is 28.8. The van der Waals surface area contributed by atoms with E-state index in [2.05, 4.69) is 15.6 Å². The van der Waals surface area contributed by atoms with Crippen molar-refractivity contribution in [1.29, 1.82) is 0 Å². The Bertz CT molecular complexity index is 1270. The smallest absolute Gasteiger partial charge is 0.289 e. The molecule has 14 heteroatoms. The van der Waals surface area contributed by atoms with E-state index in [4.69, 9.17) is 16.4 Å². The minimum atomic E-state index is -3.71. The highest BCUT2D eigenvalue weighted by molar-refractivity contribution is 7.89. The normalized spacial score (nSPS) is 11.6. The summed E-state index contributed by atoms with van der Waals surface area (Å²) < 4.78 is 26.8. The first-order chi connectivity index (χ1) is 15.2. The van der Waals surface area contributed by atoms with Crippen LogP contribution in [0.1, 0.15) is 13.8 Å². The summed E-state index contributed by atoms with van der Waals surface area (Å²) in [5, 5.41) is 21.0. The van der Waals surface area contributed by atoms with Gasteiger partial charge in [-0.05, 0) is 35.5 Å².